The molecule has 1 aliphatic rings. The van der Waals surface area contributed by atoms with Gasteiger partial charge in [0.15, 0.2) is 17.5 Å². The van der Waals surface area contributed by atoms with Gasteiger partial charge >= 0.3 is 0 Å². The summed E-state index contributed by atoms with van der Waals surface area (Å²) in [4.78, 5) is 23.8. The molecule has 1 aliphatic carbocycles. The van der Waals surface area contributed by atoms with E-state index in [1.54, 1.807) is 18.5 Å². The van der Waals surface area contributed by atoms with Gasteiger partial charge in [0.25, 0.3) is 0 Å². The van der Waals surface area contributed by atoms with Crippen LogP contribution in [0.3, 0.4) is 0 Å². The first-order valence-electron chi connectivity index (χ1n) is 18.6. The molecule has 0 saturated carbocycles. The molecule has 1 unspecified atom stereocenters. The maximum Gasteiger partial charge on any atom is 0.182 e. The number of allylic oxidation sites excluding steroid dienone is 6. The van der Waals surface area contributed by atoms with E-state index < -0.39 is 0 Å². The van der Waals surface area contributed by atoms with Crippen molar-refractivity contribution in [2.45, 2.75) is 13.3 Å². The Morgan fingerprint density at radius 3 is 2.21 bits per heavy atom. The van der Waals surface area contributed by atoms with Crippen LogP contribution >= 0.6 is 0 Å². The van der Waals surface area contributed by atoms with Crippen molar-refractivity contribution < 1.29 is 0 Å². The zero-order valence-electron chi connectivity index (χ0n) is 31.0. The molecule has 0 fully saturated rings. The van der Waals surface area contributed by atoms with Gasteiger partial charge < -0.3 is 10.7 Å². The Bertz CT molecular complexity index is 2620. The number of nitrogens with one attached hydrogen (secondary N) is 2. The van der Waals surface area contributed by atoms with Crippen LogP contribution in [0.4, 0.5) is 11.4 Å². The van der Waals surface area contributed by atoms with Gasteiger partial charge in [0.05, 0.1) is 11.4 Å². The third-order valence-corrected chi connectivity index (χ3v) is 9.79. The standard InChI is InChI=1S/C49H39N7/c1-3-43(53-44(4-2)49-55-47(34-16-7-5-8-17-34)54-48(56-49)35-27-29-51-30-28-35)38-20-13-18-36(31-38)37-19-14-21-39(32-37)45(50)42-26-25-33-15-11-12-24-41(33)46(42)52-40-22-9-6-10-23-40/h3-31,39,50,52H,1,32H2,2H3/b44-4-,50-45?,53-43?. The molecule has 7 heteroatoms. The van der Waals surface area contributed by atoms with E-state index in [1.165, 1.54) is 0 Å². The Labute approximate surface area is 326 Å². The van der Waals surface area contributed by atoms with Gasteiger partial charge in [-0.15, -0.1) is 0 Å². The monoisotopic (exact) mass is 725 g/mol. The van der Waals surface area contributed by atoms with Gasteiger partial charge in [0.2, 0.25) is 0 Å². The fraction of sp³-hybridized carbons (Fsp3) is 0.0612. The van der Waals surface area contributed by atoms with E-state index in [4.69, 9.17) is 19.9 Å². The highest BCUT2D eigenvalue weighted by atomic mass is 15.1. The highest BCUT2D eigenvalue weighted by Gasteiger charge is 2.23. The molecule has 0 bridgehead atoms. The van der Waals surface area contributed by atoms with E-state index in [-0.39, 0.29) is 5.92 Å². The molecule has 1 atom stereocenters. The molecule has 0 radical (unpaired) electrons. The fourth-order valence-electron chi connectivity index (χ4n) is 6.90. The molecule has 2 aromatic heterocycles. The zero-order valence-corrected chi connectivity index (χ0v) is 31.0. The smallest absolute Gasteiger partial charge is 0.182 e. The highest BCUT2D eigenvalue weighted by molar-refractivity contribution is 6.13. The summed E-state index contributed by atoms with van der Waals surface area (Å²) in [6.45, 7) is 6.07. The Morgan fingerprint density at radius 2 is 1.46 bits per heavy atom. The number of pyridine rings is 1. The third-order valence-electron chi connectivity index (χ3n) is 9.79. The van der Waals surface area contributed by atoms with Gasteiger partial charge in [-0.25, -0.2) is 19.9 Å². The molecule has 2 N–H and O–H groups in total. The number of fused-ring (bicyclic) bond motifs is 1. The molecule has 8 rings (SSSR count). The summed E-state index contributed by atoms with van der Waals surface area (Å²) in [6.07, 6.45) is 14.2. The van der Waals surface area contributed by atoms with Crippen molar-refractivity contribution in [3.8, 4) is 22.8 Å². The molecule has 2 heterocycles. The van der Waals surface area contributed by atoms with Crippen LogP contribution in [0.2, 0.25) is 0 Å². The summed E-state index contributed by atoms with van der Waals surface area (Å²) in [5, 5.41) is 15.4. The Morgan fingerprint density at radius 1 is 0.768 bits per heavy atom. The molecule has 7 nitrogen and oxygen atoms in total. The lowest BCUT2D eigenvalue weighted by Crippen LogP contribution is -2.17. The van der Waals surface area contributed by atoms with E-state index in [0.29, 0.717) is 41.0 Å². The molecule has 270 valence electrons. The van der Waals surface area contributed by atoms with Gasteiger partial charge in [0, 0.05) is 57.4 Å². The van der Waals surface area contributed by atoms with E-state index in [0.717, 1.165) is 55.5 Å². The number of para-hydroxylation sites is 1. The van der Waals surface area contributed by atoms with E-state index in [9.17, 15) is 5.41 Å². The molecule has 0 saturated heterocycles. The average Bonchev–Trinajstić information content (AvgIpc) is 3.27. The lowest BCUT2D eigenvalue weighted by atomic mass is 9.83. The van der Waals surface area contributed by atoms with Crippen LogP contribution in [0.1, 0.15) is 35.9 Å². The van der Waals surface area contributed by atoms with Gasteiger partial charge in [-0.05, 0) is 66.3 Å². The van der Waals surface area contributed by atoms with E-state index in [1.807, 2.05) is 97.9 Å². The van der Waals surface area contributed by atoms with Crippen LogP contribution in [0.15, 0.2) is 188 Å². The molecular weight excluding hydrogens is 687 g/mol. The maximum absolute atomic E-state index is 9.54. The zero-order chi connectivity index (χ0) is 38.3. The number of aliphatic imine (C=N–C) groups is 1. The largest absolute Gasteiger partial charge is 0.354 e. The number of hydrogen-bond acceptors (Lipinski definition) is 7. The summed E-state index contributed by atoms with van der Waals surface area (Å²) >= 11 is 0. The van der Waals surface area contributed by atoms with Crippen molar-refractivity contribution in [2.75, 3.05) is 5.32 Å². The number of aromatic nitrogens is 4. The average molecular weight is 726 g/mol. The first-order chi connectivity index (χ1) is 27.6. The predicted octanol–water partition coefficient (Wildman–Crippen LogP) is 11.6. The first-order valence-corrected chi connectivity index (χ1v) is 18.6. The Balaban J connectivity index is 1.09. The molecule has 56 heavy (non-hydrogen) atoms. The lowest BCUT2D eigenvalue weighted by Gasteiger charge is -2.23. The van der Waals surface area contributed by atoms with Gasteiger partial charge in [-0.3, -0.25) is 4.98 Å². The second-order valence-corrected chi connectivity index (χ2v) is 13.4. The van der Waals surface area contributed by atoms with Crippen LogP contribution in [0.25, 0.3) is 44.8 Å². The summed E-state index contributed by atoms with van der Waals surface area (Å²) < 4.78 is 0. The van der Waals surface area contributed by atoms with Gasteiger partial charge in [0.1, 0.15) is 5.70 Å². The number of benzene rings is 5. The fourth-order valence-corrected chi connectivity index (χ4v) is 6.90. The number of nitrogens with zero attached hydrogens (tertiary/aromatic N) is 5. The van der Waals surface area contributed by atoms with Crippen LogP contribution < -0.4 is 5.32 Å². The van der Waals surface area contributed by atoms with Gasteiger partial charge in [-0.1, -0.05) is 134 Å². The van der Waals surface area contributed by atoms with Crippen LogP contribution in [0.5, 0.6) is 0 Å². The van der Waals surface area contributed by atoms with E-state index >= 15 is 0 Å². The molecule has 0 spiro atoms. The summed E-state index contributed by atoms with van der Waals surface area (Å²) in [5.74, 6) is 1.44. The Kier molecular flexibility index (Phi) is 10.4. The number of rotatable bonds is 11. The normalized spacial score (nSPS) is 14.3. The van der Waals surface area contributed by atoms with Crippen molar-refractivity contribution in [2.24, 2.45) is 10.9 Å². The van der Waals surface area contributed by atoms with Crippen LogP contribution in [0, 0.1) is 11.3 Å². The van der Waals surface area contributed by atoms with Crippen molar-refractivity contribution in [1.29, 1.82) is 5.41 Å². The summed E-state index contributed by atoms with van der Waals surface area (Å²) in [5.41, 5.74) is 9.51. The summed E-state index contributed by atoms with van der Waals surface area (Å²) in [7, 11) is 0. The number of anilines is 2. The van der Waals surface area contributed by atoms with Crippen molar-refractivity contribution in [1.82, 2.24) is 19.9 Å². The minimum Gasteiger partial charge on any atom is -0.354 e. The quantitative estimate of drug-likeness (QED) is 0.129. The van der Waals surface area contributed by atoms with Crippen molar-refractivity contribution >= 4 is 44.8 Å². The SMILES string of the molecule is C=CC(=N/C(=C\C)c1nc(-c2ccccc2)nc(-c2ccncc2)n1)c1cccc(C2=CC=CC(C(=N)c3ccc4ccccc4c3Nc3ccccc3)C2)c1. The highest BCUT2D eigenvalue weighted by Crippen LogP contribution is 2.36. The predicted molar refractivity (Wildman–Crippen MR) is 231 cm³/mol. The lowest BCUT2D eigenvalue weighted by molar-refractivity contribution is 0.878. The molecule has 5 aromatic carbocycles. The third kappa shape index (κ3) is 7.65. The maximum atomic E-state index is 9.54. The second-order valence-electron chi connectivity index (χ2n) is 13.4. The van der Waals surface area contributed by atoms with Crippen LogP contribution in [-0.2, 0) is 0 Å². The molecule has 0 aliphatic heterocycles. The van der Waals surface area contributed by atoms with Crippen molar-refractivity contribution in [3.63, 3.8) is 0 Å². The Hall–Kier alpha value is -7.38. The van der Waals surface area contributed by atoms with E-state index in [2.05, 4.69) is 83.6 Å². The minimum atomic E-state index is -0.115. The molecule has 0 amide bonds. The topological polar surface area (TPSA) is 99.8 Å². The minimum absolute atomic E-state index is 0.115. The van der Waals surface area contributed by atoms with Crippen LogP contribution in [-0.4, -0.2) is 31.4 Å². The first kappa shape index (κ1) is 35.6. The second kappa shape index (κ2) is 16.3. The summed E-state index contributed by atoms with van der Waals surface area (Å²) in [6, 6.07) is 44.6. The molecular formula is C49H39N7. The molecule has 7 aromatic rings. The van der Waals surface area contributed by atoms with Gasteiger partial charge in [-0.2, -0.15) is 0 Å². The number of hydrogen-bond donors (Lipinski definition) is 2. The van der Waals surface area contributed by atoms with Crippen molar-refractivity contribution in [3.05, 3.63) is 205 Å².